The van der Waals surface area contributed by atoms with Crippen LogP contribution in [0.15, 0.2) is 59.6 Å². The van der Waals surface area contributed by atoms with Crippen LogP contribution in [0.2, 0.25) is 0 Å². The Morgan fingerprint density at radius 1 is 1.04 bits per heavy atom. The number of guanidine groups is 1. The van der Waals surface area contributed by atoms with Crippen LogP contribution < -0.4 is 16.0 Å². The third-order valence-electron chi connectivity index (χ3n) is 3.10. The zero-order valence-corrected chi connectivity index (χ0v) is 12.8. The Bertz CT molecular complexity index is 673. The highest BCUT2D eigenvalue weighted by molar-refractivity contribution is 5.94. The van der Waals surface area contributed by atoms with Crippen LogP contribution in [-0.4, -0.2) is 25.5 Å². The summed E-state index contributed by atoms with van der Waals surface area (Å²) in [6.45, 7) is 0.346. The first kappa shape index (κ1) is 16.5. The molecule has 0 aliphatic carbocycles. The molecule has 1 amide bonds. The number of benzene rings is 2. The maximum atomic E-state index is 13.5. The van der Waals surface area contributed by atoms with Crippen molar-refractivity contribution in [3.63, 3.8) is 0 Å². The van der Waals surface area contributed by atoms with Gasteiger partial charge in [-0.25, -0.2) is 4.39 Å². The topological polar surface area (TPSA) is 65.5 Å². The van der Waals surface area contributed by atoms with Crippen molar-refractivity contribution in [2.75, 3.05) is 18.9 Å². The number of nitrogens with one attached hydrogen (secondary N) is 3. The number of aliphatic imine (C=N–C) groups is 1. The lowest BCUT2D eigenvalue weighted by Crippen LogP contribution is -2.41. The number of nitrogens with zero attached hydrogens (tertiary/aromatic N) is 1. The molecule has 0 saturated heterocycles. The SMILES string of the molecule is CN=C(NCC(=O)Nc1ccccc1)NCc1ccccc1F. The molecule has 0 radical (unpaired) electrons. The Morgan fingerprint density at radius 3 is 2.43 bits per heavy atom. The molecule has 0 fully saturated rings. The summed E-state index contributed by atoms with van der Waals surface area (Å²) in [5, 5.41) is 8.61. The standard InChI is InChI=1S/C17H19FN4O/c1-19-17(20-11-13-7-5-6-10-15(13)18)21-12-16(23)22-14-8-3-2-4-9-14/h2-10H,11-12H2,1H3,(H,22,23)(H2,19,20,21). The summed E-state index contributed by atoms with van der Waals surface area (Å²) in [7, 11) is 1.59. The molecular formula is C17H19FN4O. The molecule has 0 aromatic heterocycles. The highest BCUT2D eigenvalue weighted by Crippen LogP contribution is 2.05. The first-order valence-electron chi connectivity index (χ1n) is 7.22. The smallest absolute Gasteiger partial charge is 0.243 e. The van der Waals surface area contributed by atoms with Gasteiger partial charge in [-0.05, 0) is 18.2 Å². The fraction of sp³-hybridized carbons (Fsp3) is 0.176. The number of para-hydroxylation sites is 1. The van der Waals surface area contributed by atoms with Crippen molar-refractivity contribution < 1.29 is 9.18 Å². The number of anilines is 1. The molecule has 2 aromatic carbocycles. The molecule has 0 bridgehead atoms. The molecule has 120 valence electrons. The number of carbonyl (C=O) groups excluding carboxylic acids is 1. The van der Waals surface area contributed by atoms with E-state index in [9.17, 15) is 9.18 Å². The van der Waals surface area contributed by atoms with Crippen molar-refractivity contribution in [3.8, 4) is 0 Å². The van der Waals surface area contributed by atoms with E-state index in [2.05, 4.69) is 20.9 Å². The second-order valence-corrected chi connectivity index (χ2v) is 4.78. The number of hydrogen-bond acceptors (Lipinski definition) is 2. The molecule has 3 N–H and O–H groups in total. The molecule has 6 heteroatoms. The van der Waals surface area contributed by atoms with Gasteiger partial charge in [0.2, 0.25) is 5.91 Å². The lowest BCUT2D eigenvalue weighted by molar-refractivity contribution is -0.115. The maximum Gasteiger partial charge on any atom is 0.243 e. The van der Waals surface area contributed by atoms with Crippen molar-refractivity contribution in [1.82, 2.24) is 10.6 Å². The van der Waals surface area contributed by atoms with E-state index in [-0.39, 0.29) is 24.8 Å². The average molecular weight is 314 g/mol. The van der Waals surface area contributed by atoms with Crippen LogP contribution in [0.25, 0.3) is 0 Å². The van der Waals surface area contributed by atoms with Crippen molar-refractivity contribution in [1.29, 1.82) is 0 Å². The third kappa shape index (κ3) is 5.43. The lowest BCUT2D eigenvalue weighted by atomic mass is 10.2. The summed E-state index contributed by atoms with van der Waals surface area (Å²) in [6, 6.07) is 15.7. The predicted octanol–water partition coefficient (Wildman–Crippen LogP) is 2.13. The van der Waals surface area contributed by atoms with E-state index in [1.165, 1.54) is 6.07 Å². The van der Waals surface area contributed by atoms with Gasteiger partial charge in [0.15, 0.2) is 5.96 Å². The first-order chi connectivity index (χ1) is 11.2. The molecule has 2 aromatic rings. The zero-order valence-electron chi connectivity index (χ0n) is 12.8. The molecule has 0 aliphatic heterocycles. The van der Waals surface area contributed by atoms with Gasteiger partial charge in [0.1, 0.15) is 5.82 Å². The van der Waals surface area contributed by atoms with Crippen LogP contribution in [0.4, 0.5) is 10.1 Å². The Hall–Kier alpha value is -2.89. The van der Waals surface area contributed by atoms with E-state index in [1.54, 1.807) is 25.2 Å². The maximum absolute atomic E-state index is 13.5. The minimum absolute atomic E-state index is 0.0613. The minimum Gasteiger partial charge on any atom is -0.352 e. The Morgan fingerprint density at radius 2 is 1.74 bits per heavy atom. The van der Waals surface area contributed by atoms with Crippen molar-refractivity contribution in [3.05, 3.63) is 66.0 Å². The lowest BCUT2D eigenvalue weighted by Gasteiger charge is -2.12. The predicted molar refractivity (Wildman–Crippen MR) is 89.7 cm³/mol. The van der Waals surface area contributed by atoms with Crippen molar-refractivity contribution in [2.45, 2.75) is 6.54 Å². The Kier molecular flexibility index (Phi) is 6.11. The second kappa shape index (κ2) is 8.53. The van der Waals surface area contributed by atoms with E-state index < -0.39 is 0 Å². The summed E-state index contributed by atoms with van der Waals surface area (Å²) in [6.07, 6.45) is 0. The normalized spacial score (nSPS) is 11.0. The van der Waals surface area contributed by atoms with Crippen LogP contribution in [0.5, 0.6) is 0 Å². The zero-order chi connectivity index (χ0) is 16.5. The molecule has 0 unspecified atom stereocenters. The number of hydrogen-bond donors (Lipinski definition) is 3. The number of rotatable bonds is 5. The third-order valence-corrected chi connectivity index (χ3v) is 3.10. The van der Waals surface area contributed by atoms with E-state index in [0.29, 0.717) is 11.5 Å². The van der Waals surface area contributed by atoms with Crippen LogP contribution >= 0.6 is 0 Å². The molecule has 0 heterocycles. The van der Waals surface area contributed by atoms with Gasteiger partial charge < -0.3 is 16.0 Å². The van der Waals surface area contributed by atoms with Gasteiger partial charge in [0, 0.05) is 24.8 Å². The van der Waals surface area contributed by atoms with Crippen molar-refractivity contribution in [2.24, 2.45) is 4.99 Å². The van der Waals surface area contributed by atoms with Gasteiger partial charge in [0.25, 0.3) is 0 Å². The van der Waals surface area contributed by atoms with Gasteiger partial charge in [-0.3, -0.25) is 9.79 Å². The fourth-order valence-electron chi connectivity index (χ4n) is 1.93. The summed E-state index contributed by atoms with van der Waals surface area (Å²) in [5.41, 5.74) is 1.26. The molecule has 0 aliphatic rings. The number of carbonyl (C=O) groups is 1. The average Bonchev–Trinajstić information content (AvgIpc) is 2.57. The molecular weight excluding hydrogens is 295 g/mol. The fourth-order valence-corrected chi connectivity index (χ4v) is 1.93. The van der Waals surface area contributed by atoms with Crippen LogP contribution in [0, 0.1) is 5.82 Å². The molecule has 0 saturated carbocycles. The monoisotopic (exact) mass is 314 g/mol. The van der Waals surface area contributed by atoms with Gasteiger partial charge in [-0.15, -0.1) is 0 Å². The summed E-state index contributed by atoms with van der Waals surface area (Å²) in [5.74, 6) is -0.0428. The summed E-state index contributed by atoms with van der Waals surface area (Å²) >= 11 is 0. The Balaban J connectivity index is 1.79. The van der Waals surface area contributed by atoms with E-state index >= 15 is 0 Å². The van der Waals surface area contributed by atoms with E-state index in [4.69, 9.17) is 0 Å². The Labute approximate surface area is 134 Å². The highest BCUT2D eigenvalue weighted by Gasteiger charge is 2.05. The molecule has 5 nitrogen and oxygen atoms in total. The largest absolute Gasteiger partial charge is 0.352 e. The molecule has 23 heavy (non-hydrogen) atoms. The van der Waals surface area contributed by atoms with Gasteiger partial charge in [-0.2, -0.15) is 0 Å². The summed E-state index contributed by atoms with van der Waals surface area (Å²) < 4.78 is 13.5. The van der Waals surface area contributed by atoms with E-state index in [1.807, 2.05) is 30.3 Å². The van der Waals surface area contributed by atoms with Gasteiger partial charge in [-0.1, -0.05) is 36.4 Å². The first-order valence-corrected chi connectivity index (χ1v) is 7.22. The molecule has 2 rings (SSSR count). The van der Waals surface area contributed by atoms with Crippen molar-refractivity contribution >= 4 is 17.6 Å². The summed E-state index contributed by atoms with van der Waals surface area (Å²) in [4.78, 5) is 15.8. The van der Waals surface area contributed by atoms with Crippen LogP contribution in [0.1, 0.15) is 5.56 Å². The minimum atomic E-state index is -0.280. The van der Waals surface area contributed by atoms with Gasteiger partial charge in [0.05, 0.1) is 6.54 Å². The van der Waals surface area contributed by atoms with Crippen LogP contribution in [-0.2, 0) is 11.3 Å². The number of amides is 1. The molecule has 0 atom stereocenters. The van der Waals surface area contributed by atoms with Crippen LogP contribution in [0.3, 0.4) is 0 Å². The highest BCUT2D eigenvalue weighted by atomic mass is 19.1. The molecule has 0 spiro atoms. The number of halogens is 1. The van der Waals surface area contributed by atoms with E-state index in [0.717, 1.165) is 5.69 Å². The van der Waals surface area contributed by atoms with Gasteiger partial charge >= 0.3 is 0 Å². The quantitative estimate of drug-likeness (QED) is 0.585. The second-order valence-electron chi connectivity index (χ2n) is 4.78.